The molecule has 11 heteroatoms. The Morgan fingerprint density at radius 2 is 2.13 bits per heavy atom. The van der Waals surface area contributed by atoms with E-state index in [0.29, 0.717) is 35.7 Å². The molecule has 2 aliphatic rings. The van der Waals surface area contributed by atoms with Crippen molar-refractivity contribution in [2.75, 3.05) is 14.2 Å². The van der Waals surface area contributed by atoms with Gasteiger partial charge in [-0.3, -0.25) is 9.59 Å². The summed E-state index contributed by atoms with van der Waals surface area (Å²) in [5.41, 5.74) is -0.709. The Kier molecular flexibility index (Phi) is 10.2. The molecule has 208 valence electrons. The normalized spacial score (nSPS) is 23.5. The molecule has 0 radical (unpaired) electrons. The van der Waals surface area contributed by atoms with E-state index in [1.165, 1.54) is 20.2 Å². The number of nitrogens with one attached hydrogen (secondary N) is 1. The monoisotopic (exact) mass is 550 g/mol. The molecule has 1 aromatic rings. The Hall–Kier alpha value is -3.08. The summed E-state index contributed by atoms with van der Waals surface area (Å²) >= 11 is 6.13. The smallest absolute Gasteiger partial charge is 0.416 e. The van der Waals surface area contributed by atoms with Crippen molar-refractivity contribution in [2.24, 2.45) is 0 Å². The van der Waals surface area contributed by atoms with Gasteiger partial charge in [-0.2, -0.15) is 0 Å². The van der Waals surface area contributed by atoms with Crippen LogP contribution in [0.4, 0.5) is 4.79 Å². The van der Waals surface area contributed by atoms with Gasteiger partial charge in [-0.25, -0.2) is 9.69 Å². The summed E-state index contributed by atoms with van der Waals surface area (Å²) in [7, 11) is 3.01. The van der Waals surface area contributed by atoms with Crippen molar-refractivity contribution in [1.82, 2.24) is 10.2 Å². The van der Waals surface area contributed by atoms with Crippen molar-refractivity contribution in [3.05, 3.63) is 52.7 Å². The number of ether oxygens (including phenoxy) is 3. The first-order chi connectivity index (χ1) is 18.1. The van der Waals surface area contributed by atoms with Crippen LogP contribution in [0, 0.1) is 0 Å². The molecule has 1 aromatic carbocycles. The molecule has 2 heterocycles. The fraction of sp³-hybridized carbons (Fsp3) is 0.519. The number of allylic oxidation sites excluding steroid dienone is 3. The second-order valence-corrected chi connectivity index (χ2v) is 9.74. The molecule has 1 unspecified atom stereocenters. The molecule has 3 N–H and O–H groups in total. The summed E-state index contributed by atoms with van der Waals surface area (Å²) in [6.45, 7) is 1.67. The molecule has 0 bridgehead atoms. The van der Waals surface area contributed by atoms with Crippen LogP contribution in [-0.4, -0.2) is 71.3 Å². The van der Waals surface area contributed by atoms with Gasteiger partial charge in [0.25, 0.3) is 0 Å². The number of carbonyl (C=O) groups excluding carboxylic acids is 3. The van der Waals surface area contributed by atoms with E-state index in [2.05, 4.69) is 5.32 Å². The Bertz CT molecular complexity index is 1070. The molecule has 3 rings (SSSR count). The van der Waals surface area contributed by atoms with Crippen molar-refractivity contribution in [3.63, 3.8) is 0 Å². The number of amides is 2. The Balaban J connectivity index is 1.71. The van der Waals surface area contributed by atoms with Gasteiger partial charge < -0.3 is 29.7 Å². The van der Waals surface area contributed by atoms with Gasteiger partial charge in [0.05, 0.1) is 18.6 Å². The van der Waals surface area contributed by atoms with Gasteiger partial charge in [-0.05, 0) is 43.0 Å². The third-order valence-corrected chi connectivity index (χ3v) is 6.95. The molecule has 10 nitrogen and oxygen atoms in total. The van der Waals surface area contributed by atoms with E-state index in [4.69, 9.17) is 25.8 Å². The first-order valence-electron chi connectivity index (χ1n) is 12.6. The van der Waals surface area contributed by atoms with Gasteiger partial charge in [0, 0.05) is 32.0 Å². The maximum Gasteiger partial charge on any atom is 0.416 e. The fourth-order valence-corrected chi connectivity index (χ4v) is 4.81. The number of aliphatic hydroxyl groups excluding tert-OH is 1. The maximum absolute atomic E-state index is 13.2. The summed E-state index contributed by atoms with van der Waals surface area (Å²) < 4.78 is 16.3. The maximum atomic E-state index is 13.2. The van der Waals surface area contributed by atoms with Gasteiger partial charge in [-0.1, -0.05) is 36.7 Å². The van der Waals surface area contributed by atoms with E-state index in [1.54, 1.807) is 37.3 Å². The van der Waals surface area contributed by atoms with Crippen molar-refractivity contribution in [2.45, 2.75) is 75.9 Å². The van der Waals surface area contributed by atoms with E-state index in [0.717, 1.165) is 10.5 Å². The number of halogens is 1. The standard InChI is InChI=1S/C27H35ClN2O8/c1-4-25(33)37-19(15-24(32)29-2)8-6-9-20-16-27(35)23(31)10-5-7-18(30(27)26(34)38-20)13-17-11-12-21(28)22(14-17)36-3/h5,7,10-12,14,19-20,23,31,35H,4,6,8-9,13,15-16H2,1-3H3,(H,29,32)/t19?,20-,23-,27+/m1/s1. The molecule has 1 fully saturated rings. The highest BCUT2D eigenvalue weighted by Crippen LogP contribution is 2.38. The van der Waals surface area contributed by atoms with Crippen molar-refractivity contribution < 1.29 is 38.8 Å². The summed E-state index contributed by atoms with van der Waals surface area (Å²) in [6, 6.07) is 5.21. The van der Waals surface area contributed by atoms with Crippen LogP contribution in [0.15, 0.2) is 42.1 Å². The minimum Gasteiger partial charge on any atom is -0.495 e. The van der Waals surface area contributed by atoms with Crippen molar-refractivity contribution in [1.29, 1.82) is 0 Å². The third kappa shape index (κ3) is 7.06. The Labute approximate surface area is 227 Å². The molecule has 0 aromatic heterocycles. The molecule has 4 atom stereocenters. The summed E-state index contributed by atoms with van der Waals surface area (Å²) in [5, 5.41) is 25.4. The molecular weight excluding hydrogens is 516 g/mol. The molecule has 2 aliphatic heterocycles. The minimum absolute atomic E-state index is 0.0254. The number of esters is 1. The minimum atomic E-state index is -1.93. The van der Waals surface area contributed by atoms with Gasteiger partial charge in [0.1, 0.15) is 24.1 Å². The molecule has 0 saturated carbocycles. The number of hydrogen-bond acceptors (Lipinski definition) is 8. The fourth-order valence-electron chi connectivity index (χ4n) is 4.62. The number of methoxy groups -OCH3 is 1. The van der Waals surface area contributed by atoms with E-state index in [9.17, 15) is 24.6 Å². The van der Waals surface area contributed by atoms with Gasteiger partial charge >= 0.3 is 12.1 Å². The van der Waals surface area contributed by atoms with Crippen molar-refractivity contribution >= 4 is 29.6 Å². The van der Waals surface area contributed by atoms with E-state index >= 15 is 0 Å². The van der Waals surface area contributed by atoms with E-state index < -0.39 is 36.1 Å². The Morgan fingerprint density at radius 3 is 2.82 bits per heavy atom. The van der Waals surface area contributed by atoms with Gasteiger partial charge in [0.15, 0.2) is 5.72 Å². The average molecular weight is 551 g/mol. The molecule has 2 amide bonds. The van der Waals surface area contributed by atoms with Gasteiger partial charge in [-0.15, -0.1) is 0 Å². The number of hydrogen-bond donors (Lipinski definition) is 3. The number of carbonyl (C=O) groups is 3. The zero-order valence-electron chi connectivity index (χ0n) is 21.8. The SMILES string of the molecule is CCC(=O)OC(CCC[C@@H]1C[C@]2(O)[C@H](O)C=CC=C(Cc3ccc(Cl)c(OC)c3)N2C(=O)O1)CC(=O)NC. The van der Waals surface area contributed by atoms with Crippen LogP contribution in [0.3, 0.4) is 0 Å². The molecule has 38 heavy (non-hydrogen) atoms. The zero-order chi connectivity index (χ0) is 27.9. The highest BCUT2D eigenvalue weighted by atomic mass is 35.5. The lowest BCUT2D eigenvalue weighted by molar-refractivity contribution is -0.186. The number of cyclic esters (lactones) is 1. The van der Waals surface area contributed by atoms with Crippen LogP contribution < -0.4 is 10.1 Å². The second kappa shape index (κ2) is 13.1. The van der Waals surface area contributed by atoms with Crippen LogP contribution in [-0.2, 0) is 25.5 Å². The Morgan fingerprint density at radius 1 is 1.37 bits per heavy atom. The van der Waals surface area contributed by atoms with E-state index in [1.807, 2.05) is 0 Å². The van der Waals surface area contributed by atoms with Crippen LogP contribution in [0.5, 0.6) is 5.75 Å². The first-order valence-corrected chi connectivity index (χ1v) is 13.0. The lowest BCUT2D eigenvalue weighted by atomic mass is 9.92. The molecule has 1 saturated heterocycles. The highest BCUT2D eigenvalue weighted by molar-refractivity contribution is 6.32. The van der Waals surface area contributed by atoms with Crippen LogP contribution in [0.2, 0.25) is 5.02 Å². The topological polar surface area (TPSA) is 135 Å². The number of rotatable bonds is 11. The zero-order valence-corrected chi connectivity index (χ0v) is 22.6. The highest BCUT2D eigenvalue weighted by Gasteiger charge is 2.52. The summed E-state index contributed by atoms with van der Waals surface area (Å²) in [5.74, 6) is -0.178. The largest absolute Gasteiger partial charge is 0.495 e. The molecular formula is C27H35ClN2O8. The van der Waals surface area contributed by atoms with E-state index in [-0.39, 0.29) is 31.6 Å². The first kappa shape index (κ1) is 29.5. The predicted octanol–water partition coefficient (Wildman–Crippen LogP) is 3.23. The lowest BCUT2D eigenvalue weighted by Crippen LogP contribution is -2.63. The average Bonchev–Trinajstić information content (AvgIpc) is 3.00. The molecule has 0 spiro atoms. The molecule has 0 aliphatic carbocycles. The lowest BCUT2D eigenvalue weighted by Gasteiger charge is -2.47. The van der Waals surface area contributed by atoms with Crippen LogP contribution in [0.1, 0.15) is 51.0 Å². The predicted molar refractivity (Wildman–Crippen MR) is 139 cm³/mol. The number of nitrogens with zero attached hydrogens (tertiary/aromatic N) is 1. The number of fused-ring (bicyclic) bond motifs is 1. The number of benzene rings is 1. The third-order valence-electron chi connectivity index (χ3n) is 6.64. The van der Waals surface area contributed by atoms with Crippen molar-refractivity contribution in [3.8, 4) is 5.75 Å². The van der Waals surface area contributed by atoms with Gasteiger partial charge in [0.2, 0.25) is 5.91 Å². The van der Waals surface area contributed by atoms with Crippen LogP contribution in [0.25, 0.3) is 0 Å². The van der Waals surface area contributed by atoms with Crippen LogP contribution >= 0.6 is 11.6 Å². The summed E-state index contributed by atoms with van der Waals surface area (Å²) in [6.07, 6.45) is 2.85. The number of aliphatic hydroxyl groups is 2. The summed E-state index contributed by atoms with van der Waals surface area (Å²) in [4.78, 5) is 37.9. The quantitative estimate of drug-likeness (QED) is 0.357. The second-order valence-electron chi connectivity index (χ2n) is 9.33.